The van der Waals surface area contributed by atoms with E-state index in [-0.39, 0.29) is 18.4 Å². The van der Waals surface area contributed by atoms with Crippen LogP contribution in [-0.2, 0) is 0 Å². The van der Waals surface area contributed by atoms with E-state index in [2.05, 4.69) is 4.98 Å². The van der Waals surface area contributed by atoms with Gasteiger partial charge in [-0.15, -0.1) is 12.4 Å². The highest BCUT2D eigenvalue weighted by molar-refractivity contribution is 5.85. The number of halogens is 1. The summed E-state index contributed by atoms with van der Waals surface area (Å²) in [4.78, 5) is 4.19. The highest BCUT2D eigenvalue weighted by atomic mass is 35.5. The number of oxazole rings is 1. The lowest BCUT2D eigenvalue weighted by molar-refractivity contribution is 0.116. The van der Waals surface area contributed by atoms with Crippen molar-refractivity contribution in [2.45, 2.75) is 25.5 Å². The third-order valence-corrected chi connectivity index (χ3v) is 2.44. The van der Waals surface area contributed by atoms with Crippen molar-refractivity contribution in [1.29, 1.82) is 0 Å². The normalized spacial score (nSPS) is 14.4. The maximum Gasteiger partial charge on any atom is 0.225 e. The van der Waals surface area contributed by atoms with Crippen molar-refractivity contribution in [2.24, 2.45) is 5.73 Å². The van der Waals surface area contributed by atoms with Gasteiger partial charge in [0.1, 0.15) is 11.6 Å². The number of hydrogen-bond acceptors (Lipinski definition) is 4. The molecule has 5 heteroatoms. The lowest BCUT2D eigenvalue weighted by atomic mass is 10.1. The Balaban J connectivity index is 0.00000128. The van der Waals surface area contributed by atoms with Crippen LogP contribution in [0.5, 0.6) is 0 Å². The number of hydrogen-bond donors (Lipinski definition) is 2. The van der Waals surface area contributed by atoms with Gasteiger partial charge in [0.05, 0.1) is 0 Å². The quantitative estimate of drug-likeness (QED) is 0.864. The van der Waals surface area contributed by atoms with Crippen LogP contribution in [0.25, 0.3) is 11.1 Å². The number of aromatic nitrogens is 1. The van der Waals surface area contributed by atoms with E-state index in [0.29, 0.717) is 17.9 Å². The molecule has 0 saturated carbocycles. The average molecular weight is 243 g/mol. The van der Waals surface area contributed by atoms with E-state index in [1.807, 2.05) is 31.2 Å². The van der Waals surface area contributed by atoms with Crippen molar-refractivity contribution in [3.05, 3.63) is 30.2 Å². The molecule has 2 atom stereocenters. The lowest BCUT2D eigenvalue weighted by Crippen LogP contribution is -2.27. The molecule has 1 aromatic carbocycles. The predicted molar refractivity (Wildman–Crippen MR) is 64.5 cm³/mol. The van der Waals surface area contributed by atoms with E-state index < -0.39 is 6.10 Å². The van der Waals surface area contributed by atoms with E-state index in [9.17, 15) is 5.11 Å². The predicted octanol–water partition coefficient (Wildman–Crippen LogP) is 2.02. The molecule has 2 rings (SSSR count). The molecule has 1 unspecified atom stereocenters. The largest absolute Gasteiger partial charge is 0.438 e. The zero-order valence-corrected chi connectivity index (χ0v) is 9.78. The first kappa shape index (κ1) is 13.0. The second-order valence-corrected chi connectivity index (χ2v) is 3.54. The van der Waals surface area contributed by atoms with Gasteiger partial charge in [0.25, 0.3) is 0 Å². The standard InChI is InChI=1S/C11H14N2O2.ClH/c1-2-7(12)10(14)11-13-8-5-3-4-6-9(8)15-11;/h3-7,10,14H,2,12H2,1H3;1H/t7-,10?;/m0./s1. The molecule has 0 amide bonds. The summed E-state index contributed by atoms with van der Waals surface area (Å²) in [6, 6.07) is 7.06. The fraction of sp³-hybridized carbons (Fsp3) is 0.364. The van der Waals surface area contributed by atoms with E-state index in [4.69, 9.17) is 10.2 Å². The highest BCUT2D eigenvalue weighted by Gasteiger charge is 2.20. The third-order valence-electron chi connectivity index (χ3n) is 2.44. The van der Waals surface area contributed by atoms with Crippen LogP contribution in [0.15, 0.2) is 28.7 Å². The Labute approximate surface area is 99.9 Å². The van der Waals surface area contributed by atoms with Gasteiger partial charge in [-0.3, -0.25) is 0 Å². The van der Waals surface area contributed by atoms with E-state index in [1.54, 1.807) is 0 Å². The van der Waals surface area contributed by atoms with E-state index in [1.165, 1.54) is 0 Å². The molecular weight excluding hydrogens is 228 g/mol. The van der Waals surface area contributed by atoms with Gasteiger partial charge in [0.2, 0.25) is 5.89 Å². The number of fused-ring (bicyclic) bond motifs is 1. The summed E-state index contributed by atoms with van der Waals surface area (Å²) in [5, 5.41) is 9.81. The zero-order valence-electron chi connectivity index (χ0n) is 8.96. The van der Waals surface area contributed by atoms with Gasteiger partial charge in [-0.1, -0.05) is 19.1 Å². The molecule has 4 nitrogen and oxygen atoms in total. The fourth-order valence-electron chi connectivity index (χ4n) is 1.42. The lowest BCUT2D eigenvalue weighted by Gasteiger charge is -2.12. The molecule has 1 aromatic heterocycles. The van der Waals surface area contributed by atoms with E-state index >= 15 is 0 Å². The van der Waals surface area contributed by atoms with Crippen molar-refractivity contribution in [2.75, 3.05) is 0 Å². The number of aliphatic hydroxyl groups excluding tert-OH is 1. The molecule has 16 heavy (non-hydrogen) atoms. The molecular formula is C11H15ClN2O2. The van der Waals surface area contributed by atoms with Crippen LogP contribution >= 0.6 is 12.4 Å². The van der Waals surface area contributed by atoms with Gasteiger partial charge in [0, 0.05) is 6.04 Å². The first-order valence-electron chi connectivity index (χ1n) is 5.01. The van der Waals surface area contributed by atoms with Crippen molar-refractivity contribution in [3.8, 4) is 0 Å². The second kappa shape index (κ2) is 5.30. The Morgan fingerprint density at radius 2 is 2.12 bits per heavy atom. The van der Waals surface area contributed by atoms with Crippen LogP contribution in [0.1, 0.15) is 25.3 Å². The Morgan fingerprint density at radius 1 is 1.44 bits per heavy atom. The first-order chi connectivity index (χ1) is 7.22. The molecule has 0 spiro atoms. The molecule has 1 heterocycles. The molecule has 2 aromatic rings. The smallest absolute Gasteiger partial charge is 0.225 e. The summed E-state index contributed by atoms with van der Waals surface area (Å²) in [5.74, 6) is 0.297. The Kier molecular flexibility index (Phi) is 4.29. The summed E-state index contributed by atoms with van der Waals surface area (Å²) < 4.78 is 5.41. The maximum absolute atomic E-state index is 9.81. The summed E-state index contributed by atoms with van der Waals surface area (Å²) in [7, 11) is 0. The maximum atomic E-state index is 9.81. The molecule has 0 bridgehead atoms. The van der Waals surface area contributed by atoms with Crippen LogP contribution in [0, 0.1) is 0 Å². The van der Waals surface area contributed by atoms with Gasteiger partial charge >= 0.3 is 0 Å². The molecule has 3 N–H and O–H groups in total. The molecule has 0 aliphatic carbocycles. The molecule has 88 valence electrons. The van der Waals surface area contributed by atoms with Crippen LogP contribution in [0.2, 0.25) is 0 Å². The number of rotatable bonds is 3. The fourth-order valence-corrected chi connectivity index (χ4v) is 1.42. The average Bonchev–Trinajstić information content (AvgIpc) is 2.70. The molecule has 0 fully saturated rings. The van der Waals surface area contributed by atoms with Crippen LogP contribution in [0.4, 0.5) is 0 Å². The van der Waals surface area contributed by atoms with Crippen molar-refractivity contribution < 1.29 is 9.52 Å². The topological polar surface area (TPSA) is 72.3 Å². The number of nitrogens with two attached hydrogens (primary N) is 1. The molecule has 0 aliphatic heterocycles. The highest BCUT2D eigenvalue weighted by Crippen LogP contribution is 2.22. The number of aliphatic hydroxyl groups is 1. The van der Waals surface area contributed by atoms with E-state index in [0.717, 1.165) is 5.52 Å². The minimum absolute atomic E-state index is 0. The number of benzene rings is 1. The van der Waals surface area contributed by atoms with Crippen molar-refractivity contribution >= 4 is 23.5 Å². The zero-order chi connectivity index (χ0) is 10.8. The minimum Gasteiger partial charge on any atom is -0.438 e. The summed E-state index contributed by atoms with van der Waals surface area (Å²) >= 11 is 0. The molecule has 0 aliphatic rings. The van der Waals surface area contributed by atoms with Crippen molar-refractivity contribution in [3.63, 3.8) is 0 Å². The summed E-state index contributed by atoms with van der Waals surface area (Å²) in [6.45, 7) is 1.91. The Bertz CT molecular complexity index is 425. The summed E-state index contributed by atoms with van der Waals surface area (Å²) in [5.41, 5.74) is 7.14. The van der Waals surface area contributed by atoms with Crippen molar-refractivity contribution in [1.82, 2.24) is 4.98 Å². The van der Waals surface area contributed by atoms with Crippen LogP contribution < -0.4 is 5.73 Å². The van der Waals surface area contributed by atoms with Gasteiger partial charge in [-0.2, -0.15) is 0 Å². The van der Waals surface area contributed by atoms with Crippen LogP contribution in [0.3, 0.4) is 0 Å². The van der Waals surface area contributed by atoms with Gasteiger partial charge in [0.15, 0.2) is 5.58 Å². The number of para-hydroxylation sites is 2. The third kappa shape index (κ3) is 2.35. The second-order valence-electron chi connectivity index (χ2n) is 3.54. The van der Waals surface area contributed by atoms with Gasteiger partial charge in [-0.05, 0) is 18.6 Å². The first-order valence-corrected chi connectivity index (χ1v) is 5.01. The van der Waals surface area contributed by atoms with Gasteiger partial charge < -0.3 is 15.3 Å². The molecule has 0 saturated heterocycles. The Hall–Kier alpha value is -1.10. The minimum atomic E-state index is -0.831. The SMILES string of the molecule is CC[C@H](N)C(O)c1nc2ccccc2o1.Cl. The monoisotopic (exact) mass is 242 g/mol. The number of nitrogens with zero attached hydrogens (tertiary/aromatic N) is 1. The Morgan fingerprint density at radius 3 is 2.75 bits per heavy atom. The molecule has 0 radical (unpaired) electrons. The summed E-state index contributed by atoms with van der Waals surface area (Å²) in [6.07, 6.45) is -0.151. The van der Waals surface area contributed by atoms with Gasteiger partial charge in [-0.25, -0.2) is 4.98 Å². The van der Waals surface area contributed by atoms with Crippen LogP contribution in [-0.4, -0.2) is 16.1 Å².